The second-order valence-corrected chi connectivity index (χ2v) is 10.4. The van der Waals surface area contributed by atoms with Crippen LogP contribution in [0.1, 0.15) is 110 Å². The molecule has 0 bridgehead atoms. The molecule has 0 saturated heterocycles. The van der Waals surface area contributed by atoms with E-state index < -0.39 is 29.9 Å². The maximum absolute atomic E-state index is 12.5. The van der Waals surface area contributed by atoms with Crippen molar-refractivity contribution in [2.45, 2.75) is 121 Å². The van der Waals surface area contributed by atoms with Gasteiger partial charge in [0.2, 0.25) is 0 Å². The van der Waals surface area contributed by atoms with Crippen molar-refractivity contribution in [1.82, 2.24) is 0 Å². The van der Waals surface area contributed by atoms with Crippen molar-refractivity contribution < 1.29 is 29.4 Å². The van der Waals surface area contributed by atoms with E-state index in [-0.39, 0.29) is 17.4 Å². The van der Waals surface area contributed by atoms with Crippen LogP contribution in [0.15, 0.2) is 0 Å². The molecule has 0 aliphatic heterocycles. The van der Waals surface area contributed by atoms with Crippen LogP contribution in [0, 0.1) is 0 Å². The Morgan fingerprint density at radius 3 is 1.61 bits per heavy atom. The van der Waals surface area contributed by atoms with Crippen LogP contribution in [0.2, 0.25) is 0 Å². The van der Waals surface area contributed by atoms with Gasteiger partial charge in [0.05, 0.1) is 33.7 Å². The number of carboxylic acids is 1. The van der Waals surface area contributed by atoms with Crippen LogP contribution in [0.5, 0.6) is 0 Å². The normalized spacial score (nSPS) is 14.9. The number of ketones is 1. The number of nitrogens with zero attached hydrogens (tertiary/aromatic N) is 1. The van der Waals surface area contributed by atoms with Gasteiger partial charge in [-0.1, -0.05) is 90.4 Å². The zero-order chi connectivity index (χ0) is 23.8. The van der Waals surface area contributed by atoms with E-state index in [0.29, 0.717) is 6.42 Å². The van der Waals surface area contributed by atoms with Gasteiger partial charge in [-0.3, -0.25) is 9.59 Å². The van der Waals surface area contributed by atoms with E-state index in [4.69, 9.17) is 5.11 Å². The van der Waals surface area contributed by atoms with Crippen LogP contribution in [-0.4, -0.2) is 70.9 Å². The fourth-order valence-electron chi connectivity index (χ4n) is 4.18. The minimum absolute atomic E-state index is 0.00356. The van der Waals surface area contributed by atoms with Crippen molar-refractivity contribution in [2.24, 2.45) is 0 Å². The molecule has 6 heteroatoms. The molecule has 0 radical (unpaired) electrons. The van der Waals surface area contributed by atoms with Crippen LogP contribution in [0.25, 0.3) is 0 Å². The van der Waals surface area contributed by atoms with Crippen LogP contribution < -0.4 is 0 Å². The number of unbranched alkanes of at least 4 members (excludes halogenated alkanes) is 12. The summed E-state index contributed by atoms with van der Waals surface area (Å²) in [5, 5.41) is 30.0. The van der Waals surface area contributed by atoms with Gasteiger partial charge in [0, 0.05) is 6.42 Å². The summed E-state index contributed by atoms with van der Waals surface area (Å²) in [6.07, 6.45) is 15.1. The Hall–Kier alpha value is -0.980. The molecule has 0 rings (SSSR count). The first-order valence-corrected chi connectivity index (χ1v) is 12.5. The summed E-state index contributed by atoms with van der Waals surface area (Å²) in [5.74, 6) is -1.79. The molecule has 0 spiro atoms. The number of carbonyl (C=O) groups is 2. The molecule has 1 unspecified atom stereocenters. The minimum Gasteiger partial charge on any atom is -0.481 e. The van der Waals surface area contributed by atoms with E-state index >= 15 is 0 Å². The zero-order valence-electron chi connectivity index (χ0n) is 20.7. The van der Waals surface area contributed by atoms with Crippen LogP contribution >= 0.6 is 0 Å². The average molecular weight is 445 g/mol. The van der Waals surface area contributed by atoms with Crippen molar-refractivity contribution in [3.63, 3.8) is 0 Å². The third-order valence-electron chi connectivity index (χ3n) is 5.76. The van der Waals surface area contributed by atoms with Gasteiger partial charge in [-0.15, -0.1) is 0 Å². The molecule has 0 fully saturated rings. The van der Waals surface area contributed by atoms with Gasteiger partial charge in [-0.05, 0) is 6.42 Å². The molecule has 0 aliphatic carbocycles. The third-order valence-corrected chi connectivity index (χ3v) is 5.76. The number of carbonyl (C=O) groups excluding carboxylic acids is 1. The molecule has 3 N–H and O–H groups in total. The van der Waals surface area contributed by atoms with E-state index in [9.17, 15) is 19.8 Å². The molecule has 0 amide bonds. The Balaban J connectivity index is 3.93. The maximum Gasteiger partial charge on any atom is 0.306 e. The van der Waals surface area contributed by atoms with E-state index in [2.05, 4.69) is 6.92 Å². The Morgan fingerprint density at radius 2 is 1.23 bits per heavy atom. The number of rotatable bonds is 21. The molecule has 0 aromatic carbocycles. The number of carboxylic acid groups (broad SMARTS) is 1. The van der Waals surface area contributed by atoms with Gasteiger partial charge in [0.25, 0.3) is 0 Å². The molecule has 0 aromatic rings. The molecule has 6 nitrogen and oxygen atoms in total. The lowest BCUT2D eigenvalue weighted by Crippen LogP contribution is -2.55. The largest absolute Gasteiger partial charge is 0.481 e. The fraction of sp³-hybridized carbons (Fsp3) is 0.920. The summed E-state index contributed by atoms with van der Waals surface area (Å²) in [6.45, 7) is 2.25. The molecule has 2 atom stereocenters. The Morgan fingerprint density at radius 1 is 0.806 bits per heavy atom. The molecule has 0 heterocycles. The average Bonchev–Trinajstić information content (AvgIpc) is 2.63. The van der Waals surface area contributed by atoms with Crippen LogP contribution in [0.4, 0.5) is 0 Å². The number of aliphatic carboxylic acids is 1. The van der Waals surface area contributed by atoms with Gasteiger partial charge >= 0.3 is 5.97 Å². The highest BCUT2D eigenvalue weighted by molar-refractivity contribution is 5.91. The lowest BCUT2D eigenvalue weighted by atomic mass is 9.88. The Kier molecular flexibility index (Phi) is 16.1. The van der Waals surface area contributed by atoms with Gasteiger partial charge in [-0.25, -0.2) is 0 Å². The highest BCUT2D eigenvalue weighted by Gasteiger charge is 2.43. The lowest BCUT2D eigenvalue weighted by Gasteiger charge is -2.34. The number of aliphatic hydroxyl groups excluding tert-OH is 1. The van der Waals surface area contributed by atoms with Crippen molar-refractivity contribution >= 4 is 11.8 Å². The van der Waals surface area contributed by atoms with Crippen LogP contribution in [-0.2, 0) is 9.59 Å². The highest BCUT2D eigenvalue weighted by Crippen LogP contribution is 2.21. The van der Waals surface area contributed by atoms with E-state index in [0.717, 1.165) is 19.3 Å². The van der Waals surface area contributed by atoms with E-state index in [1.54, 1.807) is 21.1 Å². The molecule has 31 heavy (non-hydrogen) atoms. The maximum atomic E-state index is 12.5. The van der Waals surface area contributed by atoms with Gasteiger partial charge < -0.3 is 19.8 Å². The number of aliphatic hydroxyl groups is 2. The monoisotopic (exact) mass is 444 g/mol. The van der Waals surface area contributed by atoms with E-state index in [1.165, 1.54) is 64.2 Å². The molecule has 0 aliphatic rings. The fourth-order valence-corrected chi connectivity index (χ4v) is 4.18. The van der Waals surface area contributed by atoms with Crippen molar-refractivity contribution in [2.75, 3.05) is 27.7 Å². The molecule has 0 aromatic heterocycles. The van der Waals surface area contributed by atoms with Gasteiger partial charge in [0.15, 0.2) is 11.4 Å². The second kappa shape index (κ2) is 16.6. The predicted octanol–water partition coefficient (Wildman–Crippen LogP) is 4.70. The van der Waals surface area contributed by atoms with Crippen molar-refractivity contribution in [1.29, 1.82) is 0 Å². The summed E-state index contributed by atoms with van der Waals surface area (Å²) in [4.78, 5) is 23.7. The molecule has 0 saturated carbocycles. The zero-order valence-corrected chi connectivity index (χ0v) is 20.7. The van der Waals surface area contributed by atoms with Crippen molar-refractivity contribution in [3.8, 4) is 0 Å². The number of hydrogen-bond acceptors (Lipinski definition) is 4. The first kappa shape index (κ1) is 30.0. The number of hydrogen-bond donors (Lipinski definition) is 3. The standard InChI is InChI=1S/C25H49NO5/c1-5-6-7-8-9-10-11-12-13-14-15-16-17-18-22(27)19-23(28)25(31,20-24(29)30)21-26(2,3)4/h22,27,31H,5-21H2,1-4H3/p+1/t22?,25-/m1/s1. The van der Waals surface area contributed by atoms with Crippen molar-refractivity contribution in [3.05, 3.63) is 0 Å². The SMILES string of the molecule is CCCCCCCCCCCCCCCC(O)CC(=O)[C@@](O)(CC(=O)O)C[N+](C)(C)C. The predicted molar refractivity (Wildman–Crippen MR) is 126 cm³/mol. The number of likely N-dealkylation sites (N-methyl/N-ethyl adjacent to an activating group) is 1. The first-order chi connectivity index (χ1) is 14.5. The molecular formula is C25H50NO5+. The third kappa shape index (κ3) is 17.3. The summed E-state index contributed by atoms with van der Waals surface area (Å²) in [7, 11) is 5.39. The number of Topliss-reactive ketones (excluding diaryl/α,β-unsaturated/α-hetero) is 1. The first-order valence-electron chi connectivity index (χ1n) is 12.5. The van der Waals surface area contributed by atoms with Gasteiger partial charge in [0.1, 0.15) is 6.54 Å². The quantitative estimate of drug-likeness (QED) is 0.176. The van der Waals surface area contributed by atoms with Gasteiger partial charge in [-0.2, -0.15) is 0 Å². The number of quaternary nitrogens is 1. The topological polar surface area (TPSA) is 94.8 Å². The highest BCUT2D eigenvalue weighted by atomic mass is 16.4. The summed E-state index contributed by atoms with van der Waals surface area (Å²) in [6, 6.07) is 0. The summed E-state index contributed by atoms with van der Waals surface area (Å²) in [5.41, 5.74) is -1.94. The summed E-state index contributed by atoms with van der Waals surface area (Å²) >= 11 is 0. The minimum atomic E-state index is -1.94. The lowest BCUT2D eigenvalue weighted by molar-refractivity contribution is -0.875. The molecule has 184 valence electrons. The molecular weight excluding hydrogens is 394 g/mol. The van der Waals surface area contributed by atoms with E-state index in [1.807, 2.05) is 0 Å². The smallest absolute Gasteiger partial charge is 0.306 e. The summed E-state index contributed by atoms with van der Waals surface area (Å²) < 4.78 is 0.268. The Bertz CT molecular complexity index is 489. The van der Waals surface area contributed by atoms with Crippen LogP contribution in [0.3, 0.4) is 0 Å². The second-order valence-electron chi connectivity index (χ2n) is 10.4. The Labute approximate surface area is 190 Å².